The minimum Gasteiger partial charge on any atom is -0.356 e. The molecule has 2 heterocycles. The molecule has 88 valence electrons. The summed E-state index contributed by atoms with van der Waals surface area (Å²) in [6.07, 6.45) is 5.40. The van der Waals surface area contributed by atoms with E-state index >= 15 is 0 Å². The SMILES string of the molecule is c1ccc(-c2ccnn2C2CCCCO2)cc1. The van der Waals surface area contributed by atoms with Crippen LogP contribution in [0.5, 0.6) is 0 Å². The summed E-state index contributed by atoms with van der Waals surface area (Å²) in [6, 6.07) is 12.4. The molecule has 1 fully saturated rings. The number of hydrogen-bond acceptors (Lipinski definition) is 2. The van der Waals surface area contributed by atoms with E-state index in [0.29, 0.717) is 0 Å². The van der Waals surface area contributed by atoms with Crippen LogP contribution in [0.4, 0.5) is 0 Å². The van der Waals surface area contributed by atoms with Gasteiger partial charge in [-0.25, -0.2) is 4.68 Å². The van der Waals surface area contributed by atoms with Crippen LogP contribution in [0, 0.1) is 0 Å². The largest absolute Gasteiger partial charge is 0.356 e. The summed E-state index contributed by atoms with van der Waals surface area (Å²) in [6.45, 7) is 0.846. The fraction of sp³-hybridized carbons (Fsp3) is 0.357. The van der Waals surface area contributed by atoms with Crippen LogP contribution >= 0.6 is 0 Å². The van der Waals surface area contributed by atoms with Crippen molar-refractivity contribution >= 4 is 0 Å². The summed E-state index contributed by atoms with van der Waals surface area (Å²) >= 11 is 0. The highest BCUT2D eigenvalue weighted by Crippen LogP contribution is 2.27. The number of ether oxygens (including phenoxy) is 1. The van der Waals surface area contributed by atoms with Crippen molar-refractivity contribution in [1.29, 1.82) is 0 Å². The molecule has 0 amide bonds. The monoisotopic (exact) mass is 228 g/mol. The minimum absolute atomic E-state index is 0.106. The van der Waals surface area contributed by atoms with E-state index in [4.69, 9.17) is 4.74 Å². The van der Waals surface area contributed by atoms with Crippen molar-refractivity contribution in [2.75, 3.05) is 6.61 Å². The van der Waals surface area contributed by atoms with Gasteiger partial charge >= 0.3 is 0 Å². The Labute approximate surface area is 101 Å². The van der Waals surface area contributed by atoms with Crippen molar-refractivity contribution in [2.45, 2.75) is 25.5 Å². The Morgan fingerprint density at radius 2 is 2.00 bits per heavy atom. The van der Waals surface area contributed by atoms with E-state index in [0.717, 1.165) is 18.7 Å². The Morgan fingerprint density at radius 1 is 1.12 bits per heavy atom. The van der Waals surface area contributed by atoms with E-state index in [1.165, 1.54) is 18.4 Å². The van der Waals surface area contributed by atoms with Crippen molar-refractivity contribution in [3.63, 3.8) is 0 Å². The van der Waals surface area contributed by atoms with Crippen molar-refractivity contribution in [2.24, 2.45) is 0 Å². The lowest BCUT2D eigenvalue weighted by molar-refractivity contribution is -0.0383. The molecule has 17 heavy (non-hydrogen) atoms. The molecule has 1 aliphatic rings. The Bertz CT molecular complexity index is 472. The standard InChI is InChI=1S/C14H16N2O/c1-2-6-12(7-3-1)13-9-10-15-16(13)14-8-4-5-11-17-14/h1-3,6-7,9-10,14H,4-5,8,11H2. The lowest BCUT2D eigenvalue weighted by Crippen LogP contribution is -2.19. The van der Waals surface area contributed by atoms with Crippen molar-refractivity contribution in [3.05, 3.63) is 42.6 Å². The van der Waals surface area contributed by atoms with Gasteiger partial charge in [-0.05, 0) is 30.9 Å². The molecule has 1 atom stereocenters. The smallest absolute Gasteiger partial charge is 0.150 e. The van der Waals surface area contributed by atoms with E-state index < -0.39 is 0 Å². The first-order valence-corrected chi connectivity index (χ1v) is 6.16. The number of rotatable bonds is 2. The van der Waals surface area contributed by atoms with Crippen LogP contribution in [0.25, 0.3) is 11.3 Å². The summed E-state index contributed by atoms with van der Waals surface area (Å²) in [5.41, 5.74) is 2.33. The second-order valence-electron chi connectivity index (χ2n) is 4.35. The molecule has 2 aromatic rings. The summed E-state index contributed by atoms with van der Waals surface area (Å²) in [7, 11) is 0. The van der Waals surface area contributed by atoms with Crippen LogP contribution in [0.15, 0.2) is 42.6 Å². The molecule has 0 N–H and O–H groups in total. The van der Waals surface area contributed by atoms with E-state index in [1.807, 2.05) is 23.0 Å². The number of aromatic nitrogens is 2. The third-order valence-corrected chi connectivity index (χ3v) is 3.17. The minimum atomic E-state index is 0.106. The second-order valence-corrected chi connectivity index (χ2v) is 4.35. The molecule has 3 heteroatoms. The summed E-state index contributed by atoms with van der Waals surface area (Å²) < 4.78 is 7.79. The van der Waals surface area contributed by atoms with Gasteiger partial charge in [0.15, 0.2) is 6.23 Å². The maximum absolute atomic E-state index is 5.78. The lowest BCUT2D eigenvalue weighted by Gasteiger charge is -2.24. The van der Waals surface area contributed by atoms with Gasteiger partial charge < -0.3 is 4.74 Å². The maximum atomic E-state index is 5.78. The Hall–Kier alpha value is -1.61. The van der Waals surface area contributed by atoms with Gasteiger partial charge in [-0.2, -0.15) is 5.10 Å². The van der Waals surface area contributed by atoms with Gasteiger partial charge in [-0.3, -0.25) is 0 Å². The molecule has 0 spiro atoms. The summed E-state index contributed by atoms with van der Waals surface area (Å²) in [4.78, 5) is 0. The second kappa shape index (κ2) is 4.72. The molecule has 1 aliphatic heterocycles. The molecule has 3 nitrogen and oxygen atoms in total. The molecule has 0 radical (unpaired) electrons. The number of hydrogen-bond donors (Lipinski definition) is 0. The van der Waals surface area contributed by atoms with Crippen LogP contribution in [0.1, 0.15) is 25.5 Å². The number of benzene rings is 1. The van der Waals surface area contributed by atoms with Gasteiger partial charge in [-0.1, -0.05) is 30.3 Å². The zero-order chi connectivity index (χ0) is 11.5. The van der Waals surface area contributed by atoms with E-state index in [1.54, 1.807) is 0 Å². The van der Waals surface area contributed by atoms with Gasteiger partial charge in [-0.15, -0.1) is 0 Å². The first-order chi connectivity index (χ1) is 8.45. The van der Waals surface area contributed by atoms with Crippen LogP contribution < -0.4 is 0 Å². The van der Waals surface area contributed by atoms with Gasteiger partial charge in [0.1, 0.15) is 0 Å². The number of nitrogens with zero attached hydrogens (tertiary/aromatic N) is 2. The highest BCUT2D eigenvalue weighted by atomic mass is 16.5. The highest BCUT2D eigenvalue weighted by molar-refractivity contribution is 5.58. The van der Waals surface area contributed by atoms with Gasteiger partial charge in [0.05, 0.1) is 5.69 Å². The molecule has 0 bridgehead atoms. The maximum Gasteiger partial charge on any atom is 0.150 e. The third kappa shape index (κ3) is 2.11. The van der Waals surface area contributed by atoms with Crippen LogP contribution in [-0.4, -0.2) is 16.4 Å². The highest BCUT2D eigenvalue weighted by Gasteiger charge is 2.19. The fourth-order valence-corrected chi connectivity index (χ4v) is 2.30. The van der Waals surface area contributed by atoms with Crippen molar-refractivity contribution < 1.29 is 4.74 Å². The summed E-state index contributed by atoms with van der Waals surface area (Å²) in [5, 5.41) is 4.41. The zero-order valence-corrected chi connectivity index (χ0v) is 9.75. The third-order valence-electron chi connectivity index (χ3n) is 3.17. The summed E-state index contributed by atoms with van der Waals surface area (Å²) in [5.74, 6) is 0. The van der Waals surface area contributed by atoms with Crippen molar-refractivity contribution in [3.8, 4) is 11.3 Å². The zero-order valence-electron chi connectivity index (χ0n) is 9.75. The molecule has 3 rings (SSSR count). The molecular weight excluding hydrogens is 212 g/mol. The fourth-order valence-electron chi connectivity index (χ4n) is 2.30. The first-order valence-electron chi connectivity index (χ1n) is 6.16. The quantitative estimate of drug-likeness (QED) is 0.789. The van der Waals surface area contributed by atoms with Gasteiger partial charge in [0.25, 0.3) is 0 Å². The Balaban J connectivity index is 1.93. The topological polar surface area (TPSA) is 27.1 Å². The molecule has 0 aliphatic carbocycles. The molecule has 0 saturated carbocycles. The Morgan fingerprint density at radius 3 is 2.76 bits per heavy atom. The van der Waals surface area contributed by atoms with E-state index in [-0.39, 0.29) is 6.23 Å². The molecule has 1 unspecified atom stereocenters. The predicted octanol–water partition coefficient (Wildman–Crippen LogP) is 3.25. The molecule has 1 aromatic carbocycles. The van der Waals surface area contributed by atoms with Gasteiger partial charge in [0, 0.05) is 12.8 Å². The molecular formula is C14H16N2O. The predicted molar refractivity (Wildman–Crippen MR) is 66.5 cm³/mol. The van der Waals surface area contributed by atoms with Crippen LogP contribution in [0.2, 0.25) is 0 Å². The lowest BCUT2D eigenvalue weighted by atomic mass is 10.1. The van der Waals surface area contributed by atoms with Crippen LogP contribution in [0.3, 0.4) is 0 Å². The average Bonchev–Trinajstić information content (AvgIpc) is 2.90. The van der Waals surface area contributed by atoms with Crippen LogP contribution in [-0.2, 0) is 4.74 Å². The van der Waals surface area contributed by atoms with E-state index in [2.05, 4.69) is 29.4 Å². The van der Waals surface area contributed by atoms with Crippen molar-refractivity contribution in [1.82, 2.24) is 9.78 Å². The van der Waals surface area contributed by atoms with E-state index in [9.17, 15) is 0 Å². The molecule has 1 aromatic heterocycles. The normalized spacial score (nSPS) is 20.4. The first kappa shape index (κ1) is 10.5. The Kier molecular flexibility index (Phi) is 2.92. The van der Waals surface area contributed by atoms with Gasteiger partial charge in [0.2, 0.25) is 0 Å². The average molecular weight is 228 g/mol. The molecule has 1 saturated heterocycles.